The minimum Gasteiger partial charge on any atom is -0.341 e. The summed E-state index contributed by atoms with van der Waals surface area (Å²) in [6.07, 6.45) is 6.17. The fourth-order valence-electron chi connectivity index (χ4n) is 3.44. The molecule has 0 aromatic carbocycles. The zero-order chi connectivity index (χ0) is 13.7. The van der Waals surface area contributed by atoms with Gasteiger partial charge in [-0.15, -0.1) is 12.4 Å². The number of nitrogens with zero attached hydrogens (tertiary/aromatic N) is 2. The van der Waals surface area contributed by atoms with Gasteiger partial charge in [0, 0.05) is 19.6 Å². The Morgan fingerprint density at radius 2 is 1.90 bits per heavy atom. The molecule has 1 amide bonds. The van der Waals surface area contributed by atoms with Crippen LogP contribution in [-0.2, 0) is 4.79 Å². The quantitative estimate of drug-likeness (QED) is 0.859. The first-order chi connectivity index (χ1) is 9.22. The number of likely N-dealkylation sites (tertiary alicyclic amines) is 2. The molecule has 2 aliphatic heterocycles. The molecule has 2 heterocycles. The molecule has 0 aliphatic carbocycles. The van der Waals surface area contributed by atoms with E-state index in [2.05, 4.69) is 22.0 Å². The van der Waals surface area contributed by atoms with E-state index in [9.17, 15) is 4.79 Å². The number of rotatable bonds is 4. The topological polar surface area (TPSA) is 35.6 Å². The third-order valence-electron chi connectivity index (χ3n) is 4.62. The molecule has 1 N–H and O–H groups in total. The SMILES string of the molecule is CNCC1CCCN(C(C)C(=O)N2CCCCC2)C1.Cl. The largest absolute Gasteiger partial charge is 0.341 e. The van der Waals surface area contributed by atoms with Crippen LogP contribution in [0.15, 0.2) is 0 Å². The highest BCUT2D eigenvalue weighted by atomic mass is 35.5. The van der Waals surface area contributed by atoms with Gasteiger partial charge in [0.15, 0.2) is 0 Å². The average molecular weight is 304 g/mol. The molecule has 118 valence electrons. The van der Waals surface area contributed by atoms with Crippen molar-refractivity contribution in [3.63, 3.8) is 0 Å². The lowest BCUT2D eigenvalue weighted by molar-refractivity contribution is -0.138. The summed E-state index contributed by atoms with van der Waals surface area (Å²) in [6.45, 7) is 7.26. The first kappa shape index (κ1) is 17.7. The van der Waals surface area contributed by atoms with Crippen molar-refractivity contribution in [2.45, 2.75) is 45.1 Å². The molecule has 0 bridgehead atoms. The van der Waals surface area contributed by atoms with E-state index in [-0.39, 0.29) is 18.4 Å². The predicted molar refractivity (Wildman–Crippen MR) is 85.4 cm³/mol. The van der Waals surface area contributed by atoms with E-state index in [0.717, 1.165) is 32.7 Å². The van der Waals surface area contributed by atoms with Gasteiger partial charge in [0.1, 0.15) is 0 Å². The maximum atomic E-state index is 12.5. The highest BCUT2D eigenvalue weighted by molar-refractivity contribution is 5.85. The number of carbonyl (C=O) groups is 1. The number of carbonyl (C=O) groups excluding carboxylic acids is 1. The predicted octanol–water partition coefficient (Wildman–Crippen LogP) is 1.74. The summed E-state index contributed by atoms with van der Waals surface area (Å²) in [5.74, 6) is 1.06. The molecule has 2 unspecified atom stereocenters. The van der Waals surface area contributed by atoms with Crippen molar-refractivity contribution in [2.24, 2.45) is 5.92 Å². The van der Waals surface area contributed by atoms with E-state index < -0.39 is 0 Å². The Hall–Kier alpha value is -0.320. The number of amides is 1. The van der Waals surface area contributed by atoms with Gasteiger partial charge >= 0.3 is 0 Å². The molecule has 2 fully saturated rings. The van der Waals surface area contributed by atoms with Gasteiger partial charge in [0.2, 0.25) is 5.91 Å². The van der Waals surface area contributed by atoms with Gasteiger partial charge in [-0.3, -0.25) is 9.69 Å². The van der Waals surface area contributed by atoms with Gasteiger partial charge in [0.05, 0.1) is 6.04 Å². The zero-order valence-electron chi connectivity index (χ0n) is 12.9. The highest BCUT2D eigenvalue weighted by Gasteiger charge is 2.30. The molecule has 2 rings (SSSR count). The molecular weight excluding hydrogens is 274 g/mol. The van der Waals surface area contributed by atoms with E-state index in [4.69, 9.17) is 0 Å². The van der Waals surface area contributed by atoms with Gasteiger partial charge in [-0.2, -0.15) is 0 Å². The third kappa shape index (κ3) is 4.61. The molecule has 2 aliphatic rings. The molecule has 0 radical (unpaired) electrons. The van der Waals surface area contributed by atoms with Gasteiger partial charge in [-0.05, 0) is 65.1 Å². The van der Waals surface area contributed by atoms with Crippen LogP contribution in [0.5, 0.6) is 0 Å². The molecule has 20 heavy (non-hydrogen) atoms. The van der Waals surface area contributed by atoms with Gasteiger partial charge in [-0.25, -0.2) is 0 Å². The molecular formula is C15H30ClN3O. The minimum atomic E-state index is 0. The summed E-state index contributed by atoms with van der Waals surface area (Å²) in [7, 11) is 2.02. The molecule has 2 atom stereocenters. The number of piperidine rings is 2. The number of halogens is 1. The Kier molecular flexibility index (Phi) is 7.85. The van der Waals surface area contributed by atoms with Crippen LogP contribution < -0.4 is 5.32 Å². The fraction of sp³-hybridized carbons (Fsp3) is 0.933. The first-order valence-corrected chi connectivity index (χ1v) is 7.90. The lowest BCUT2D eigenvalue weighted by atomic mass is 9.96. The highest BCUT2D eigenvalue weighted by Crippen LogP contribution is 2.20. The van der Waals surface area contributed by atoms with Gasteiger partial charge in [0.25, 0.3) is 0 Å². The normalized spacial score (nSPS) is 25.9. The van der Waals surface area contributed by atoms with Crippen LogP contribution in [0.3, 0.4) is 0 Å². The van der Waals surface area contributed by atoms with Crippen LogP contribution in [0.25, 0.3) is 0 Å². The van der Waals surface area contributed by atoms with Crippen molar-refractivity contribution in [3.8, 4) is 0 Å². The van der Waals surface area contributed by atoms with Crippen molar-refractivity contribution in [1.29, 1.82) is 0 Å². The van der Waals surface area contributed by atoms with E-state index in [1.807, 2.05) is 7.05 Å². The van der Waals surface area contributed by atoms with E-state index in [0.29, 0.717) is 11.8 Å². The lowest BCUT2D eigenvalue weighted by Crippen LogP contribution is -2.52. The van der Waals surface area contributed by atoms with Gasteiger partial charge < -0.3 is 10.2 Å². The third-order valence-corrected chi connectivity index (χ3v) is 4.62. The summed E-state index contributed by atoms with van der Waals surface area (Å²) in [6, 6.07) is 0.0674. The Labute approximate surface area is 129 Å². The van der Waals surface area contributed by atoms with E-state index in [1.165, 1.54) is 32.1 Å². The van der Waals surface area contributed by atoms with Crippen molar-refractivity contribution in [1.82, 2.24) is 15.1 Å². The Morgan fingerprint density at radius 1 is 1.20 bits per heavy atom. The minimum absolute atomic E-state index is 0. The van der Waals surface area contributed by atoms with Crippen molar-refractivity contribution in [2.75, 3.05) is 39.8 Å². The number of hydrogen-bond donors (Lipinski definition) is 1. The Morgan fingerprint density at radius 3 is 2.55 bits per heavy atom. The second kappa shape index (κ2) is 8.85. The van der Waals surface area contributed by atoms with Crippen molar-refractivity contribution in [3.05, 3.63) is 0 Å². The average Bonchev–Trinajstić information content (AvgIpc) is 2.47. The second-order valence-electron chi connectivity index (χ2n) is 6.12. The van der Waals surface area contributed by atoms with Gasteiger partial charge in [-0.1, -0.05) is 0 Å². The zero-order valence-corrected chi connectivity index (χ0v) is 13.8. The summed E-state index contributed by atoms with van der Waals surface area (Å²) in [5.41, 5.74) is 0. The smallest absolute Gasteiger partial charge is 0.239 e. The summed E-state index contributed by atoms with van der Waals surface area (Å²) >= 11 is 0. The van der Waals surface area contributed by atoms with Crippen LogP contribution in [0, 0.1) is 5.92 Å². The standard InChI is InChI=1S/C15H29N3O.ClH/c1-13(15(19)17-8-4-3-5-9-17)18-10-6-7-14(12-18)11-16-2;/h13-14,16H,3-12H2,1-2H3;1H. The Bertz CT molecular complexity index is 293. The Balaban J connectivity index is 0.00000200. The molecule has 0 aromatic heterocycles. The molecule has 0 aromatic rings. The van der Waals surface area contributed by atoms with Crippen molar-refractivity contribution >= 4 is 18.3 Å². The first-order valence-electron chi connectivity index (χ1n) is 7.90. The van der Waals surface area contributed by atoms with Crippen molar-refractivity contribution < 1.29 is 4.79 Å². The van der Waals surface area contributed by atoms with Crippen LogP contribution in [-0.4, -0.2) is 61.5 Å². The molecule has 0 spiro atoms. The lowest BCUT2D eigenvalue weighted by Gasteiger charge is -2.38. The number of hydrogen-bond acceptors (Lipinski definition) is 3. The number of nitrogens with one attached hydrogen (secondary N) is 1. The van der Waals surface area contributed by atoms with Crippen LogP contribution >= 0.6 is 12.4 Å². The van der Waals surface area contributed by atoms with Crippen LogP contribution in [0.1, 0.15) is 39.0 Å². The van der Waals surface area contributed by atoms with E-state index in [1.54, 1.807) is 0 Å². The molecule has 5 heteroatoms. The fourth-order valence-corrected chi connectivity index (χ4v) is 3.44. The van der Waals surface area contributed by atoms with E-state index >= 15 is 0 Å². The maximum absolute atomic E-state index is 12.5. The monoisotopic (exact) mass is 303 g/mol. The van der Waals surface area contributed by atoms with Crippen LogP contribution in [0.2, 0.25) is 0 Å². The summed E-state index contributed by atoms with van der Waals surface area (Å²) in [4.78, 5) is 17.0. The maximum Gasteiger partial charge on any atom is 0.239 e. The summed E-state index contributed by atoms with van der Waals surface area (Å²) < 4.78 is 0. The molecule has 0 saturated carbocycles. The van der Waals surface area contributed by atoms with Crippen LogP contribution in [0.4, 0.5) is 0 Å². The molecule has 4 nitrogen and oxygen atoms in total. The molecule has 2 saturated heterocycles. The second-order valence-corrected chi connectivity index (χ2v) is 6.12. The summed E-state index contributed by atoms with van der Waals surface area (Å²) in [5, 5.41) is 3.27.